The number of carboxylic acids is 6. The van der Waals surface area contributed by atoms with E-state index in [-0.39, 0.29) is 103 Å². The molecule has 0 unspecified atom stereocenters. The summed E-state index contributed by atoms with van der Waals surface area (Å²) in [6.07, 6.45) is 0. The molecule has 22 N–H and O–H groups in total. The van der Waals surface area contributed by atoms with Gasteiger partial charge in [-0.1, -0.05) is 146 Å². The van der Waals surface area contributed by atoms with Gasteiger partial charge in [-0.2, -0.15) is 0 Å². The van der Waals surface area contributed by atoms with Gasteiger partial charge in [-0.05, 0) is 97.1 Å². The molecule has 2 radical (unpaired) electrons. The summed E-state index contributed by atoms with van der Waals surface area (Å²) < 4.78 is 0. The average molecular weight is 1260 g/mol. The first-order chi connectivity index (χ1) is 32.8. The van der Waals surface area contributed by atoms with Crippen LogP contribution in [0.5, 0.6) is 0 Å². The maximum Gasteiger partial charge on any atom is 4.00 e. The fourth-order valence-electron chi connectivity index (χ4n) is 7.00. The fraction of sp³-hybridized carbons (Fsp3) is 0. The van der Waals surface area contributed by atoms with Crippen LogP contribution in [0.3, 0.4) is 0 Å². The van der Waals surface area contributed by atoms with Crippen molar-refractivity contribution >= 4 is 92.8 Å². The third-order valence-corrected chi connectivity index (χ3v) is 18.2. The maximum atomic E-state index is 8.93. The topological polar surface area (TPSA) is 616 Å². The van der Waals surface area contributed by atoms with E-state index in [2.05, 4.69) is 243 Å². The zero-order chi connectivity index (χ0) is 49.4. The predicted octanol–water partition coefficient (Wildman–Crippen LogP) is -10.6. The third-order valence-electron chi connectivity index (χ3n) is 9.65. The van der Waals surface area contributed by atoms with E-state index in [4.69, 9.17) is 59.4 Å². The van der Waals surface area contributed by atoms with Crippen LogP contribution in [0.4, 0.5) is 0 Å². The zero-order valence-electron chi connectivity index (χ0n) is 42.8. The molecule has 0 spiro atoms. The van der Waals surface area contributed by atoms with Gasteiger partial charge in [0.05, 0.1) is 35.8 Å². The second-order valence-electron chi connectivity index (χ2n) is 13.8. The molecule has 24 nitrogen and oxygen atoms in total. The Morgan fingerprint density at radius 1 is 0.207 bits per heavy atom. The number of carbonyl (C=O) groups excluding carboxylic acids is 6. The minimum absolute atomic E-state index is 0. The number of benzene rings is 8. The Morgan fingerprint density at radius 3 is 0.341 bits per heavy atom. The van der Waals surface area contributed by atoms with E-state index in [9.17, 15) is 0 Å². The molecule has 440 valence electrons. The summed E-state index contributed by atoms with van der Waals surface area (Å²) in [7, 11) is -3.81. The summed E-state index contributed by atoms with van der Waals surface area (Å²) in [5.41, 5.74) is 0. The van der Waals surface area contributed by atoms with E-state index < -0.39 is 50.3 Å². The summed E-state index contributed by atoms with van der Waals surface area (Å²) in [4.78, 5) is 53.6. The molecule has 0 bridgehead atoms. The molecule has 0 amide bonds. The van der Waals surface area contributed by atoms with Crippen LogP contribution in [-0.2, 0) is 87.8 Å². The van der Waals surface area contributed by atoms with Crippen LogP contribution in [0.2, 0.25) is 0 Å². The van der Waals surface area contributed by atoms with Crippen LogP contribution in [0.25, 0.3) is 0 Å². The van der Waals surface area contributed by atoms with E-state index in [0.717, 1.165) is 0 Å². The molecule has 0 aliphatic rings. The van der Waals surface area contributed by atoms with Gasteiger partial charge in [0, 0.05) is 0 Å². The molecule has 8 aromatic carbocycles. The van der Waals surface area contributed by atoms with Crippen molar-refractivity contribution in [1.29, 1.82) is 0 Å². The molecule has 0 aliphatic heterocycles. The van der Waals surface area contributed by atoms with Crippen molar-refractivity contribution in [2.24, 2.45) is 0 Å². The van der Waals surface area contributed by atoms with Crippen LogP contribution < -0.4 is 73.1 Å². The molecule has 0 aromatic heterocycles. The van der Waals surface area contributed by atoms with E-state index in [1.807, 2.05) is 0 Å². The summed E-state index contributed by atoms with van der Waals surface area (Å²) >= 11 is 0. The first kappa shape index (κ1) is 99.5. The number of carboxylic acid groups (broad SMARTS) is 6. The van der Waals surface area contributed by atoms with Crippen LogP contribution in [0.15, 0.2) is 243 Å². The first-order valence-electron chi connectivity index (χ1n) is 20.3. The second-order valence-corrected chi connectivity index (χ2v) is 20.6. The third kappa shape index (κ3) is 27.1. The molecule has 0 atom stereocenters. The van der Waals surface area contributed by atoms with Gasteiger partial charge in [0.15, 0.2) is 0 Å². The second kappa shape index (κ2) is 51.3. The quantitative estimate of drug-likeness (QED) is 0.0778. The molecule has 82 heavy (non-hydrogen) atoms. The normalized spacial score (nSPS) is 8.44. The number of rotatable bonds is 8. The molecule has 0 heterocycles. The van der Waals surface area contributed by atoms with Gasteiger partial charge in [0.2, 0.25) is 0 Å². The van der Waals surface area contributed by atoms with Crippen molar-refractivity contribution in [3.8, 4) is 0 Å². The summed E-state index contributed by atoms with van der Waals surface area (Å²) in [5, 5.41) is 64.7. The van der Waals surface area contributed by atoms with Crippen LogP contribution in [0.1, 0.15) is 0 Å². The monoisotopic (exact) mass is 1260 g/mol. The fourth-order valence-corrected chi connectivity index (χ4v) is 15.5. The Balaban J connectivity index is -0.0000000931. The zero-order valence-corrected chi connectivity index (χ0v) is 47.3. The van der Waals surface area contributed by atoms with Crippen LogP contribution in [0, 0.1) is 0 Å². The standard InChI is InChI=1S/2C24H20P.3C2H2O4.10H2O.2O.2V/c2*1-5-13-21(14-6-1)25(22-15-7-2-8-16-22,23-17-9-3-10-18-23)24-19-11-4-12-20-24;3*3-1(4)2(5)6;;;;;;;;;;;;;;/h2*1-20H;3*(H,3,4)(H,5,6);10*1H2;;;;/q2*+1;;;;;;;;;;;;;;2*-2;2*+4/p-4. The average Bonchev–Trinajstić information content (AvgIpc) is 3.38. The largest absolute Gasteiger partial charge is 4.00 e. The number of hydrogen-bond acceptors (Lipinski definition) is 12. The van der Waals surface area contributed by atoms with Gasteiger partial charge in [-0.3, -0.25) is 0 Å². The first-order valence-corrected chi connectivity index (χ1v) is 23.9. The SMILES string of the molecule is O.O.O.O.O.O.O.O.O=C([O-])C(=O)[O-].O=C([O-])C(=O)[O-].O=C([O-])C(=O)[O-].[O-2].[O-2].[OH3+].[OH3+].[V+4].[V+4].c1ccc([P+](c2ccccc2)(c2ccccc2)c2ccccc2)cc1.c1ccc([P+](c2ccccc2)(c2ccccc2)c2ccccc2)cc1. The van der Waals surface area contributed by atoms with Gasteiger partial charge in [0.25, 0.3) is 0 Å². The maximum absolute atomic E-state index is 8.93. The van der Waals surface area contributed by atoms with Crippen molar-refractivity contribution in [2.45, 2.75) is 0 Å². The Bertz CT molecular complexity index is 2280. The van der Waals surface area contributed by atoms with Crippen molar-refractivity contribution in [1.82, 2.24) is 0 Å². The van der Waals surface area contributed by atoms with Crippen LogP contribution >= 0.6 is 14.5 Å². The van der Waals surface area contributed by atoms with Gasteiger partial charge in [-0.25, -0.2) is 0 Å². The Morgan fingerprint density at radius 2 is 0.280 bits per heavy atom. The predicted molar refractivity (Wildman–Crippen MR) is 293 cm³/mol. The van der Waals surface area contributed by atoms with E-state index in [0.29, 0.717) is 0 Å². The minimum Gasteiger partial charge on any atom is -2.00 e. The van der Waals surface area contributed by atoms with Crippen molar-refractivity contribution < 1.29 is 162 Å². The van der Waals surface area contributed by atoms with Gasteiger partial charge in [0.1, 0.15) is 57.0 Å². The van der Waals surface area contributed by atoms with Crippen LogP contribution in [-0.4, -0.2) is 79.6 Å². The molecule has 0 fully saturated rings. The number of carbonyl (C=O) groups is 6. The van der Waals surface area contributed by atoms with E-state index in [1.165, 1.54) is 42.4 Å². The Kier molecular flexibility index (Phi) is 62.2. The van der Waals surface area contributed by atoms with Crippen molar-refractivity contribution in [3.63, 3.8) is 0 Å². The van der Waals surface area contributed by atoms with Crippen molar-refractivity contribution in [2.75, 3.05) is 0 Å². The van der Waals surface area contributed by atoms with Crippen molar-refractivity contribution in [3.05, 3.63) is 243 Å². The molecule has 0 saturated heterocycles. The number of aliphatic carboxylic acids is 6. The molecular formula is C54H62O24P2V2+2. The van der Waals surface area contributed by atoms with Gasteiger partial charge < -0.3 is 125 Å². The number of hydrogen-bond donors (Lipinski definition) is 0. The summed E-state index contributed by atoms with van der Waals surface area (Å²) in [5.74, 6) is -13.1. The minimum atomic E-state index is -2.19. The Labute approximate surface area is 495 Å². The Hall–Kier alpha value is -7.87. The molecule has 0 aliphatic carbocycles. The smallest absolute Gasteiger partial charge is 2.00 e. The molecular weight excluding hydrogens is 1200 g/mol. The molecule has 8 aromatic rings. The summed E-state index contributed by atoms with van der Waals surface area (Å²) in [6.45, 7) is 0. The molecule has 28 heteroatoms. The van der Waals surface area contributed by atoms with E-state index >= 15 is 0 Å². The van der Waals surface area contributed by atoms with E-state index in [1.54, 1.807) is 0 Å². The molecule has 8 rings (SSSR count). The van der Waals surface area contributed by atoms with Gasteiger partial charge in [-0.15, -0.1) is 0 Å². The van der Waals surface area contributed by atoms with Gasteiger partial charge >= 0.3 is 37.1 Å². The molecule has 0 saturated carbocycles. The summed E-state index contributed by atoms with van der Waals surface area (Å²) in [6, 6.07) is 87.7.